The molecule has 0 heterocycles. The van der Waals surface area contributed by atoms with Gasteiger partial charge in [0.15, 0.2) is 0 Å². The van der Waals surface area contributed by atoms with Gasteiger partial charge < -0.3 is 9.64 Å². The Hall–Kier alpha value is -2.47. The molecule has 0 bridgehead atoms. The van der Waals surface area contributed by atoms with Crippen LogP contribution < -0.4 is 9.64 Å². The average molecular weight is 252 g/mol. The Bertz CT molecular complexity index is 543. The number of anilines is 1. The Morgan fingerprint density at radius 3 is 2.37 bits per heavy atom. The van der Waals surface area contributed by atoms with Gasteiger partial charge in [-0.1, -0.05) is 18.2 Å². The van der Waals surface area contributed by atoms with Crippen LogP contribution in [0.5, 0.6) is 5.75 Å². The van der Waals surface area contributed by atoms with Crippen molar-refractivity contribution in [2.45, 2.75) is 0 Å². The van der Waals surface area contributed by atoms with Gasteiger partial charge in [-0.25, -0.2) is 0 Å². The Morgan fingerprint density at radius 2 is 1.74 bits per heavy atom. The quantitative estimate of drug-likeness (QED) is 0.820. The molecular formula is C16H16N2O. The van der Waals surface area contributed by atoms with Crippen LogP contribution in [0.25, 0.3) is 0 Å². The fourth-order valence-electron chi connectivity index (χ4n) is 1.74. The Kier molecular flexibility index (Phi) is 4.41. The molecule has 0 spiro atoms. The third-order valence-electron chi connectivity index (χ3n) is 2.88. The lowest BCUT2D eigenvalue weighted by Crippen LogP contribution is -2.23. The highest BCUT2D eigenvalue weighted by Gasteiger charge is 2.00. The summed E-state index contributed by atoms with van der Waals surface area (Å²) in [6.45, 7) is 1.42. The Morgan fingerprint density at radius 1 is 1.05 bits per heavy atom. The number of benzene rings is 2. The summed E-state index contributed by atoms with van der Waals surface area (Å²) in [6.07, 6.45) is 0. The fraction of sp³-hybridized carbons (Fsp3) is 0.188. The summed E-state index contributed by atoms with van der Waals surface area (Å²) in [4.78, 5) is 2.14. The molecule has 0 aromatic heterocycles. The predicted molar refractivity (Wildman–Crippen MR) is 76.4 cm³/mol. The number of hydrogen-bond acceptors (Lipinski definition) is 3. The maximum absolute atomic E-state index is 8.71. The molecule has 0 fully saturated rings. The first-order valence-electron chi connectivity index (χ1n) is 6.19. The molecule has 2 aromatic carbocycles. The lowest BCUT2D eigenvalue weighted by molar-refractivity contribution is 0.326. The van der Waals surface area contributed by atoms with Crippen molar-refractivity contribution in [1.29, 1.82) is 5.26 Å². The molecule has 2 rings (SSSR count). The van der Waals surface area contributed by atoms with Crippen LogP contribution in [0, 0.1) is 11.3 Å². The van der Waals surface area contributed by atoms with Crippen LogP contribution >= 0.6 is 0 Å². The molecule has 3 nitrogen and oxygen atoms in total. The number of rotatable bonds is 5. The zero-order chi connectivity index (χ0) is 13.5. The third-order valence-corrected chi connectivity index (χ3v) is 2.88. The molecule has 0 aliphatic rings. The number of nitriles is 1. The average Bonchev–Trinajstić information content (AvgIpc) is 2.49. The van der Waals surface area contributed by atoms with Crippen LogP contribution in [0.4, 0.5) is 5.69 Å². The van der Waals surface area contributed by atoms with Gasteiger partial charge in [0, 0.05) is 12.7 Å². The van der Waals surface area contributed by atoms with Crippen LogP contribution in [-0.2, 0) is 0 Å². The number of likely N-dealkylation sites (N-methyl/N-ethyl adjacent to an activating group) is 1. The summed E-state index contributed by atoms with van der Waals surface area (Å²) in [5.74, 6) is 0.792. The topological polar surface area (TPSA) is 36.3 Å². The van der Waals surface area contributed by atoms with E-state index < -0.39 is 0 Å². The molecule has 0 aliphatic heterocycles. The van der Waals surface area contributed by atoms with E-state index in [1.165, 1.54) is 5.69 Å². The Labute approximate surface area is 113 Å². The summed E-state index contributed by atoms with van der Waals surface area (Å²) in [7, 11) is 2.04. The molecule has 0 aliphatic carbocycles. The van der Waals surface area contributed by atoms with E-state index in [4.69, 9.17) is 10.00 Å². The van der Waals surface area contributed by atoms with Gasteiger partial charge in [0.1, 0.15) is 12.4 Å². The van der Waals surface area contributed by atoms with Crippen LogP contribution in [-0.4, -0.2) is 20.2 Å². The van der Waals surface area contributed by atoms with Crippen LogP contribution in [0.3, 0.4) is 0 Å². The van der Waals surface area contributed by atoms with Crippen molar-refractivity contribution in [3.63, 3.8) is 0 Å². The summed E-state index contributed by atoms with van der Waals surface area (Å²) < 4.78 is 5.65. The molecule has 0 atom stereocenters. The molecule has 0 N–H and O–H groups in total. The van der Waals surface area contributed by atoms with Gasteiger partial charge in [-0.3, -0.25) is 0 Å². The van der Waals surface area contributed by atoms with Crippen LogP contribution in [0.15, 0.2) is 54.6 Å². The van der Waals surface area contributed by atoms with Crippen molar-refractivity contribution in [3.8, 4) is 11.8 Å². The van der Waals surface area contributed by atoms with Crippen molar-refractivity contribution in [2.24, 2.45) is 0 Å². The van der Waals surface area contributed by atoms with Crippen LogP contribution in [0.1, 0.15) is 5.56 Å². The third kappa shape index (κ3) is 3.75. The standard InChI is InChI=1S/C16H16N2O/c1-18(15-5-3-2-4-6-15)11-12-19-16-9-7-14(13-17)8-10-16/h2-10H,11-12H2,1H3. The molecule has 0 saturated carbocycles. The minimum atomic E-state index is 0.608. The summed E-state index contributed by atoms with van der Waals surface area (Å²) >= 11 is 0. The summed E-state index contributed by atoms with van der Waals surface area (Å²) in [6, 6.07) is 19.4. The largest absolute Gasteiger partial charge is 0.492 e. The lowest BCUT2D eigenvalue weighted by atomic mass is 10.2. The van der Waals surface area contributed by atoms with Crippen molar-refractivity contribution in [1.82, 2.24) is 0 Å². The summed E-state index contributed by atoms with van der Waals surface area (Å²) in [5.41, 5.74) is 1.82. The molecule has 0 unspecified atom stereocenters. The van der Waals surface area contributed by atoms with Gasteiger partial charge >= 0.3 is 0 Å². The molecule has 19 heavy (non-hydrogen) atoms. The number of nitrogens with zero attached hydrogens (tertiary/aromatic N) is 2. The fourth-order valence-corrected chi connectivity index (χ4v) is 1.74. The first-order valence-corrected chi connectivity index (χ1v) is 6.19. The Balaban J connectivity index is 1.81. The van der Waals surface area contributed by atoms with Crippen molar-refractivity contribution in [3.05, 3.63) is 60.2 Å². The van der Waals surface area contributed by atoms with Gasteiger partial charge in [0.25, 0.3) is 0 Å². The number of para-hydroxylation sites is 1. The lowest BCUT2D eigenvalue weighted by Gasteiger charge is -2.19. The highest BCUT2D eigenvalue weighted by Crippen LogP contribution is 2.13. The molecule has 0 amide bonds. The van der Waals surface area contributed by atoms with E-state index in [0.717, 1.165) is 12.3 Å². The second kappa shape index (κ2) is 6.46. The molecular weight excluding hydrogens is 236 g/mol. The van der Waals surface area contributed by atoms with Gasteiger partial charge in [-0.2, -0.15) is 5.26 Å². The van der Waals surface area contributed by atoms with Crippen molar-refractivity contribution >= 4 is 5.69 Å². The zero-order valence-electron chi connectivity index (χ0n) is 10.9. The number of ether oxygens (including phenoxy) is 1. The van der Waals surface area contributed by atoms with Crippen molar-refractivity contribution in [2.75, 3.05) is 25.1 Å². The highest BCUT2D eigenvalue weighted by atomic mass is 16.5. The second-order valence-corrected chi connectivity index (χ2v) is 4.24. The van der Waals surface area contributed by atoms with Gasteiger partial charge in [0.05, 0.1) is 18.2 Å². The van der Waals surface area contributed by atoms with Crippen LogP contribution in [0.2, 0.25) is 0 Å². The SMILES string of the molecule is CN(CCOc1ccc(C#N)cc1)c1ccccc1. The van der Waals surface area contributed by atoms with E-state index in [-0.39, 0.29) is 0 Å². The van der Waals surface area contributed by atoms with E-state index in [1.807, 2.05) is 37.4 Å². The normalized spacial score (nSPS) is 9.68. The van der Waals surface area contributed by atoms with E-state index in [1.54, 1.807) is 12.1 Å². The summed E-state index contributed by atoms with van der Waals surface area (Å²) in [5, 5.41) is 8.71. The maximum atomic E-state index is 8.71. The van der Waals surface area contributed by atoms with Crippen molar-refractivity contribution < 1.29 is 4.74 Å². The smallest absolute Gasteiger partial charge is 0.119 e. The highest BCUT2D eigenvalue weighted by molar-refractivity contribution is 5.44. The first-order chi connectivity index (χ1) is 9.29. The van der Waals surface area contributed by atoms with E-state index in [9.17, 15) is 0 Å². The minimum Gasteiger partial charge on any atom is -0.492 e. The molecule has 3 heteroatoms. The minimum absolute atomic E-state index is 0.608. The van der Waals surface area contributed by atoms with Gasteiger partial charge in [-0.05, 0) is 36.4 Å². The van der Waals surface area contributed by atoms with Gasteiger partial charge in [0.2, 0.25) is 0 Å². The molecule has 0 radical (unpaired) electrons. The monoisotopic (exact) mass is 252 g/mol. The second-order valence-electron chi connectivity index (χ2n) is 4.24. The maximum Gasteiger partial charge on any atom is 0.119 e. The first kappa shape index (κ1) is 13.0. The van der Waals surface area contributed by atoms with E-state index in [0.29, 0.717) is 12.2 Å². The predicted octanol–water partition coefficient (Wildman–Crippen LogP) is 3.07. The van der Waals surface area contributed by atoms with Gasteiger partial charge in [-0.15, -0.1) is 0 Å². The van der Waals surface area contributed by atoms with E-state index >= 15 is 0 Å². The number of hydrogen-bond donors (Lipinski definition) is 0. The van der Waals surface area contributed by atoms with E-state index in [2.05, 4.69) is 23.1 Å². The molecule has 96 valence electrons. The molecule has 0 saturated heterocycles. The zero-order valence-corrected chi connectivity index (χ0v) is 10.9. The molecule has 2 aromatic rings.